The molecule has 1 unspecified atom stereocenters. The van der Waals surface area contributed by atoms with Gasteiger partial charge >= 0.3 is 0 Å². The van der Waals surface area contributed by atoms with Gasteiger partial charge in [0, 0.05) is 45.3 Å². The summed E-state index contributed by atoms with van der Waals surface area (Å²) in [5.74, 6) is 0.141. The van der Waals surface area contributed by atoms with Crippen LogP contribution in [0, 0.1) is 10.1 Å². The molecule has 25 heavy (non-hydrogen) atoms. The van der Waals surface area contributed by atoms with Crippen LogP contribution in [0.1, 0.15) is 6.92 Å². The van der Waals surface area contributed by atoms with E-state index < -0.39 is 0 Å². The van der Waals surface area contributed by atoms with Crippen LogP contribution in [0.5, 0.6) is 0 Å². The number of amides is 1. The minimum absolute atomic E-state index is 0.133. The maximum Gasteiger partial charge on any atom is 0.292 e. The predicted molar refractivity (Wildman–Crippen MR) is 93.7 cm³/mol. The number of nitro groups is 1. The van der Waals surface area contributed by atoms with Crippen molar-refractivity contribution in [3.63, 3.8) is 0 Å². The minimum atomic E-state index is -0.341. The molecule has 1 aromatic carbocycles. The van der Waals surface area contributed by atoms with Gasteiger partial charge in [-0.2, -0.15) is 0 Å². The van der Waals surface area contributed by atoms with Crippen molar-refractivity contribution in [2.45, 2.75) is 13.0 Å². The smallest absolute Gasteiger partial charge is 0.292 e. The van der Waals surface area contributed by atoms with Gasteiger partial charge in [-0.25, -0.2) is 0 Å². The predicted octanol–water partition coefficient (Wildman–Crippen LogP) is 0.964. The van der Waals surface area contributed by atoms with Crippen LogP contribution in [0.2, 0.25) is 0 Å². The van der Waals surface area contributed by atoms with Crippen LogP contribution < -0.4 is 4.90 Å². The average Bonchev–Trinajstić information content (AvgIpc) is 2.67. The Balaban J connectivity index is 1.60. The number of nitro benzene ring substituents is 1. The number of carbonyl (C=O) groups excluding carboxylic acids is 1. The number of benzene rings is 1. The summed E-state index contributed by atoms with van der Waals surface area (Å²) in [6.45, 7) is 7.22. The summed E-state index contributed by atoms with van der Waals surface area (Å²) >= 11 is 0. The van der Waals surface area contributed by atoms with Crippen molar-refractivity contribution in [3.05, 3.63) is 34.4 Å². The summed E-state index contributed by atoms with van der Waals surface area (Å²) in [7, 11) is 0. The van der Waals surface area contributed by atoms with E-state index >= 15 is 0 Å². The topological polar surface area (TPSA) is 79.2 Å². The largest absolute Gasteiger partial charge is 0.378 e. The average molecular weight is 348 g/mol. The van der Waals surface area contributed by atoms with Gasteiger partial charge in [-0.1, -0.05) is 12.1 Å². The van der Waals surface area contributed by atoms with Gasteiger partial charge in [0.05, 0.1) is 24.2 Å². The molecule has 3 rings (SSSR count). The monoisotopic (exact) mass is 348 g/mol. The molecule has 0 bridgehead atoms. The number of para-hydroxylation sites is 2. The second-order valence-corrected chi connectivity index (χ2v) is 6.38. The van der Waals surface area contributed by atoms with Crippen molar-refractivity contribution in [1.29, 1.82) is 0 Å². The second kappa shape index (κ2) is 7.79. The zero-order valence-corrected chi connectivity index (χ0v) is 14.5. The van der Waals surface area contributed by atoms with Crippen molar-refractivity contribution in [3.8, 4) is 0 Å². The molecule has 1 atom stereocenters. The third-order valence-corrected chi connectivity index (χ3v) is 4.96. The maximum atomic E-state index is 12.6. The lowest BCUT2D eigenvalue weighted by molar-refractivity contribution is -0.384. The Labute approximate surface area is 147 Å². The molecular formula is C17H24N4O4. The van der Waals surface area contributed by atoms with Crippen LogP contribution in [0.4, 0.5) is 11.4 Å². The second-order valence-electron chi connectivity index (χ2n) is 6.38. The Morgan fingerprint density at radius 1 is 1.12 bits per heavy atom. The lowest BCUT2D eigenvalue weighted by Gasteiger charge is -2.40. The molecule has 2 saturated heterocycles. The van der Waals surface area contributed by atoms with Crippen molar-refractivity contribution in [1.82, 2.24) is 9.80 Å². The first-order valence-electron chi connectivity index (χ1n) is 8.67. The zero-order chi connectivity index (χ0) is 17.8. The third-order valence-electron chi connectivity index (χ3n) is 4.96. The minimum Gasteiger partial charge on any atom is -0.378 e. The summed E-state index contributed by atoms with van der Waals surface area (Å²) < 4.78 is 5.30. The summed E-state index contributed by atoms with van der Waals surface area (Å²) in [6.07, 6.45) is 0. The fraction of sp³-hybridized carbons (Fsp3) is 0.588. The summed E-state index contributed by atoms with van der Waals surface area (Å²) in [6, 6.07) is 6.65. The Morgan fingerprint density at radius 2 is 1.76 bits per heavy atom. The van der Waals surface area contributed by atoms with Crippen LogP contribution in [0.3, 0.4) is 0 Å². The van der Waals surface area contributed by atoms with E-state index in [1.165, 1.54) is 6.07 Å². The molecule has 2 aliphatic heterocycles. The molecule has 136 valence electrons. The van der Waals surface area contributed by atoms with Gasteiger partial charge in [0.25, 0.3) is 5.69 Å². The standard InChI is InChI=1S/C17H24N4O4/c1-14(17(22)20-10-12-25-13-11-20)18-6-8-19(9-7-18)15-4-2-3-5-16(15)21(23)24/h2-5,14H,6-13H2,1H3. The van der Waals surface area contributed by atoms with Gasteiger partial charge in [0.1, 0.15) is 5.69 Å². The SMILES string of the molecule is CC(C(=O)N1CCOCC1)N1CCN(c2ccccc2[N+](=O)[O-])CC1. The Bertz CT molecular complexity index is 625. The molecule has 2 fully saturated rings. The fourth-order valence-corrected chi connectivity index (χ4v) is 3.44. The molecule has 1 aromatic rings. The molecular weight excluding hydrogens is 324 g/mol. The summed E-state index contributed by atoms with van der Waals surface area (Å²) in [5.41, 5.74) is 0.785. The number of morpholine rings is 1. The third kappa shape index (κ3) is 3.91. The molecule has 8 heteroatoms. The van der Waals surface area contributed by atoms with E-state index in [1.807, 2.05) is 22.8 Å². The van der Waals surface area contributed by atoms with Gasteiger partial charge in [0.15, 0.2) is 0 Å². The molecule has 0 spiro atoms. The van der Waals surface area contributed by atoms with Gasteiger partial charge in [-0.15, -0.1) is 0 Å². The molecule has 0 saturated carbocycles. The highest BCUT2D eigenvalue weighted by Gasteiger charge is 2.30. The number of carbonyl (C=O) groups is 1. The van der Waals surface area contributed by atoms with Crippen molar-refractivity contribution >= 4 is 17.3 Å². The molecule has 0 aliphatic carbocycles. The van der Waals surface area contributed by atoms with E-state index in [1.54, 1.807) is 12.1 Å². The molecule has 0 aromatic heterocycles. The van der Waals surface area contributed by atoms with Gasteiger partial charge in [0.2, 0.25) is 5.91 Å². The number of nitrogens with zero attached hydrogens (tertiary/aromatic N) is 4. The Kier molecular flexibility index (Phi) is 5.50. The molecule has 2 heterocycles. The number of ether oxygens (including phenoxy) is 1. The number of hydrogen-bond acceptors (Lipinski definition) is 6. The molecule has 2 aliphatic rings. The van der Waals surface area contributed by atoms with Crippen LogP contribution >= 0.6 is 0 Å². The van der Waals surface area contributed by atoms with Crippen molar-refractivity contribution < 1.29 is 14.5 Å². The molecule has 8 nitrogen and oxygen atoms in total. The highest BCUT2D eigenvalue weighted by atomic mass is 16.6. The molecule has 0 N–H and O–H groups in total. The van der Waals surface area contributed by atoms with E-state index in [-0.39, 0.29) is 22.6 Å². The fourth-order valence-electron chi connectivity index (χ4n) is 3.44. The van der Waals surface area contributed by atoms with E-state index in [9.17, 15) is 14.9 Å². The van der Waals surface area contributed by atoms with E-state index in [0.717, 1.165) is 0 Å². The lowest BCUT2D eigenvalue weighted by atomic mass is 10.1. The van der Waals surface area contributed by atoms with Crippen molar-refractivity contribution in [2.24, 2.45) is 0 Å². The number of piperazine rings is 1. The normalized spacial score (nSPS) is 20.4. The van der Waals surface area contributed by atoms with Gasteiger partial charge < -0.3 is 14.5 Å². The van der Waals surface area contributed by atoms with Crippen molar-refractivity contribution in [2.75, 3.05) is 57.4 Å². The quantitative estimate of drug-likeness (QED) is 0.596. The van der Waals surface area contributed by atoms with Crippen LogP contribution in [0.25, 0.3) is 0 Å². The van der Waals surface area contributed by atoms with Crippen LogP contribution in [0.15, 0.2) is 24.3 Å². The highest BCUT2D eigenvalue weighted by Crippen LogP contribution is 2.28. The lowest BCUT2D eigenvalue weighted by Crippen LogP contribution is -2.56. The van der Waals surface area contributed by atoms with E-state index in [4.69, 9.17) is 4.74 Å². The Hall–Kier alpha value is -2.19. The summed E-state index contributed by atoms with van der Waals surface area (Å²) in [4.78, 5) is 29.5. The molecule has 1 amide bonds. The molecule has 0 radical (unpaired) electrons. The number of hydrogen-bond donors (Lipinski definition) is 0. The summed E-state index contributed by atoms with van der Waals surface area (Å²) in [5, 5.41) is 11.2. The highest BCUT2D eigenvalue weighted by molar-refractivity contribution is 5.81. The van der Waals surface area contributed by atoms with E-state index in [0.29, 0.717) is 58.2 Å². The van der Waals surface area contributed by atoms with Crippen LogP contribution in [-0.4, -0.2) is 79.2 Å². The maximum absolute atomic E-state index is 12.6. The number of anilines is 1. The van der Waals surface area contributed by atoms with E-state index in [2.05, 4.69) is 4.90 Å². The van der Waals surface area contributed by atoms with Gasteiger partial charge in [-0.05, 0) is 13.0 Å². The van der Waals surface area contributed by atoms with Crippen LogP contribution in [-0.2, 0) is 9.53 Å². The first-order valence-corrected chi connectivity index (χ1v) is 8.67. The number of rotatable bonds is 4. The first-order chi connectivity index (χ1) is 12.1. The first kappa shape index (κ1) is 17.6. The zero-order valence-electron chi connectivity index (χ0n) is 14.5. The Morgan fingerprint density at radius 3 is 2.40 bits per heavy atom. The van der Waals surface area contributed by atoms with Gasteiger partial charge in [-0.3, -0.25) is 19.8 Å².